The van der Waals surface area contributed by atoms with Crippen LogP contribution in [0.15, 0.2) is 53.0 Å². The molecule has 6 heteroatoms. The van der Waals surface area contributed by atoms with E-state index >= 15 is 0 Å². The van der Waals surface area contributed by atoms with Gasteiger partial charge in [-0.3, -0.25) is 9.59 Å². The first kappa shape index (κ1) is 24.9. The van der Waals surface area contributed by atoms with Crippen molar-refractivity contribution in [3.05, 3.63) is 64.1 Å². The van der Waals surface area contributed by atoms with E-state index in [1.54, 1.807) is 11.8 Å². The first-order valence-electron chi connectivity index (χ1n) is 10.9. The number of nitrogens with one attached hydrogen (secondary N) is 1. The maximum Gasteiger partial charge on any atom is 0.261 e. The molecule has 0 saturated heterocycles. The Labute approximate surface area is 194 Å². The second-order valence-electron chi connectivity index (χ2n) is 7.72. The summed E-state index contributed by atoms with van der Waals surface area (Å²) in [4.78, 5) is 27.4. The van der Waals surface area contributed by atoms with Crippen LogP contribution in [0.4, 0.5) is 0 Å². The van der Waals surface area contributed by atoms with Gasteiger partial charge in [0.1, 0.15) is 11.8 Å². The zero-order valence-corrected chi connectivity index (χ0v) is 20.4. The minimum Gasteiger partial charge on any atom is -0.483 e. The van der Waals surface area contributed by atoms with E-state index in [-0.39, 0.29) is 24.5 Å². The normalized spacial score (nSPS) is 12.7. The summed E-state index contributed by atoms with van der Waals surface area (Å²) in [6.45, 7) is 8.15. The van der Waals surface area contributed by atoms with E-state index in [0.29, 0.717) is 18.7 Å². The third-order valence-electron chi connectivity index (χ3n) is 5.41. The van der Waals surface area contributed by atoms with Crippen LogP contribution in [0.2, 0.25) is 0 Å². The average Bonchev–Trinajstić information content (AvgIpc) is 2.78. The van der Waals surface area contributed by atoms with E-state index in [4.69, 9.17) is 4.74 Å². The Kier molecular flexibility index (Phi) is 10.0. The molecule has 0 aliphatic heterocycles. The molecule has 1 N–H and O–H groups in total. The molecule has 2 aromatic carbocycles. The van der Waals surface area contributed by atoms with Crippen LogP contribution in [0.3, 0.4) is 0 Å². The van der Waals surface area contributed by atoms with Crippen molar-refractivity contribution in [2.24, 2.45) is 0 Å². The minimum atomic E-state index is -0.584. The molecule has 0 aromatic heterocycles. The predicted molar refractivity (Wildman–Crippen MR) is 128 cm³/mol. The van der Waals surface area contributed by atoms with E-state index in [1.807, 2.05) is 62.4 Å². The summed E-state index contributed by atoms with van der Waals surface area (Å²) in [5.74, 6) is 0.253. The van der Waals surface area contributed by atoms with Crippen LogP contribution in [0.1, 0.15) is 45.2 Å². The van der Waals surface area contributed by atoms with Crippen molar-refractivity contribution in [3.8, 4) is 5.75 Å². The first-order valence-corrected chi connectivity index (χ1v) is 11.7. The molecule has 168 valence electrons. The molecule has 0 fully saturated rings. The van der Waals surface area contributed by atoms with Crippen molar-refractivity contribution in [2.75, 3.05) is 13.2 Å². The highest BCUT2D eigenvalue weighted by atomic mass is 79.9. The van der Waals surface area contributed by atoms with Gasteiger partial charge < -0.3 is 15.0 Å². The van der Waals surface area contributed by atoms with Crippen molar-refractivity contribution in [1.29, 1.82) is 0 Å². The van der Waals surface area contributed by atoms with Crippen LogP contribution in [0, 0.1) is 0 Å². The van der Waals surface area contributed by atoms with Gasteiger partial charge in [-0.15, -0.1) is 0 Å². The van der Waals surface area contributed by atoms with Gasteiger partial charge in [0.2, 0.25) is 5.91 Å². The minimum absolute atomic E-state index is 0.0605. The lowest BCUT2D eigenvalue weighted by Gasteiger charge is -2.29. The standard InChI is InChI=1S/C25H33BrN2O3/c1-5-18(3)27-25(30)19(4)28(15-14-21-10-8-7-9-11-21)24(29)17-31-23-13-12-20(6-2)16-22(23)26/h7-13,16,18-19H,5-6,14-15,17H2,1-4H3,(H,27,30). The fraction of sp³-hybridized carbons (Fsp3) is 0.440. The summed E-state index contributed by atoms with van der Waals surface area (Å²) in [5.41, 5.74) is 2.30. The Morgan fingerprint density at radius 2 is 1.77 bits per heavy atom. The van der Waals surface area contributed by atoms with Gasteiger partial charge >= 0.3 is 0 Å². The van der Waals surface area contributed by atoms with Gasteiger partial charge in [0.05, 0.1) is 4.47 Å². The van der Waals surface area contributed by atoms with E-state index < -0.39 is 6.04 Å². The van der Waals surface area contributed by atoms with Crippen molar-refractivity contribution in [1.82, 2.24) is 10.2 Å². The van der Waals surface area contributed by atoms with Crippen LogP contribution in [-0.2, 0) is 22.4 Å². The monoisotopic (exact) mass is 488 g/mol. The number of rotatable bonds is 11. The second kappa shape index (κ2) is 12.5. The predicted octanol–water partition coefficient (Wildman–Crippen LogP) is 4.76. The molecule has 0 spiro atoms. The molecule has 2 unspecified atom stereocenters. The van der Waals surface area contributed by atoms with Gasteiger partial charge in [-0.1, -0.05) is 50.2 Å². The highest BCUT2D eigenvalue weighted by Gasteiger charge is 2.26. The summed E-state index contributed by atoms with van der Waals surface area (Å²) in [5, 5.41) is 2.98. The fourth-order valence-electron chi connectivity index (χ4n) is 3.14. The number of nitrogens with zero attached hydrogens (tertiary/aromatic N) is 1. The number of hydrogen-bond acceptors (Lipinski definition) is 3. The molecule has 0 heterocycles. The van der Waals surface area contributed by atoms with Crippen molar-refractivity contribution < 1.29 is 14.3 Å². The molecular formula is C25H33BrN2O3. The van der Waals surface area contributed by atoms with Crippen LogP contribution in [0.25, 0.3) is 0 Å². The van der Waals surface area contributed by atoms with Gasteiger partial charge in [0.25, 0.3) is 5.91 Å². The smallest absolute Gasteiger partial charge is 0.261 e. The average molecular weight is 489 g/mol. The molecule has 0 radical (unpaired) electrons. The quantitative estimate of drug-likeness (QED) is 0.495. The molecule has 2 rings (SSSR count). The van der Waals surface area contributed by atoms with Crippen LogP contribution in [0.5, 0.6) is 5.75 Å². The zero-order chi connectivity index (χ0) is 22.8. The molecule has 0 aliphatic carbocycles. The number of carbonyl (C=O) groups is 2. The largest absolute Gasteiger partial charge is 0.483 e. The SMILES string of the molecule is CCc1ccc(OCC(=O)N(CCc2ccccc2)C(C)C(=O)NC(C)CC)c(Br)c1. The number of ether oxygens (including phenoxy) is 1. The Hall–Kier alpha value is -2.34. The number of benzene rings is 2. The highest BCUT2D eigenvalue weighted by Crippen LogP contribution is 2.26. The number of hydrogen-bond donors (Lipinski definition) is 1. The lowest BCUT2D eigenvalue weighted by atomic mass is 10.1. The van der Waals surface area contributed by atoms with Gasteiger partial charge in [0.15, 0.2) is 6.61 Å². The van der Waals surface area contributed by atoms with E-state index in [9.17, 15) is 9.59 Å². The molecule has 31 heavy (non-hydrogen) atoms. The molecule has 0 aliphatic rings. The second-order valence-corrected chi connectivity index (χ2v) is 8.58. The molecule has 2 aromatic rings. The third-order valence-corrected chi connectivity index (χ3v) is 6.03. The van der Waals surface area contributed by atoms with E-state index in [1.165, 1.54) is 5.56 Å². The molecule has 2 amide bonds. The van der Waals surface area contributed by atoms with Crippen LogP contribution >= 0.6 is 15.9 Å². The number of aryl methyl sites for hydroxylation is 1. The molecule has 2 atom stereocenters. The molecular weight excluding hydrogens is 456 g/mol. The number of amides is 2. The first-order chi connectivity index (χ1) is 14.8. The molecule has 5 nitrogen and oxygen atoms in total. The van der Waals surface area contributed by atoms with Crippen LogP contribution in [-0.4, -0.2) is 41.9 Å². The summed E-state index contributed by atoms with van der Waals surface area (Å²) in [7, 11) is 0. The number of halogens is 1. The van der Waals surface area contributed by atoms with Crippen molar-refractivity contribution >= 4 is 27.7 Å². The summed E-state index contributed by atoms with van der Waals surface area (Å²) in [6.07, 6.45) is 2.43. The highest BCUT2D eigenvalue weighted by molar-refractivity contribution is 9.10. The van der Waals surface area contributed by atoms with E-state index in [2.05, 4.69) is 28.2 Å². The van der Waals surface area contributed by atoms with Gasteiger partial charge in [-0.05, 0) is 72.3 Å². The molecule has 0 saturated carbocycles. The third kappa shape index (κ3) is 7.69. The lowest BCUT2D eigenvalue weighted by molar-refractivity contribution is -0.141. The maximum atomic E-state index is 13.1. The maximum absolute atomic E-state index is 13.1. The summed E-state index contributed by atoms with van der Waals surface area (Å²) < 4.78 is 6.61. The van der Waals surface area contributed by atoms with Gasteiger partial charge in [0, 0.05) is 12.6 Å². The summed E-state index contributed by atoms with van der Waals surface area (Å²) >= 11 is 3.51. The summed E-state index contributed by atoms with van der Waals surface area (Å²) in [6, 6.07) is 15.3. The van der Waals surface area contributed by atoms with Gasteiger partial charge in [-0.2, -0.15) is 0 Å². The zero-order valence-electron chi connectivity index (χ0n) is 18.9. The van der Waals surface area contributed by atoms with Crippen molar-refractivity contribution in [3.63, 3.8) is 0 Å². The van der Waals surface area contributed by atoms with E-state index in [0.717, 1.165) is 22.9 Å². The fourth-order valence-corrected chi connectivity index (χ4v) is 3.68. The molecule has 0 bridgehead atoms. The topological polar surface area (TPSA) is 58.6 Å². The van der Waals surface area contributed by atoms with Gasteiger partial charge in [-0.25, -0.2) is 0 Å². The number of carbonyl (C=O) groups excluding carboxylic acids is 2. The van der Waals surface area contributed by atoms with Crippen molar-refractivity contribution in [2.45, 2.75) is 59.0 Å². The Balaban J connectivity index is 2.09. The van der Waals surface area contributed by atoms with Crippen LogP contribution < -0.4 is 10.1 Å². The Bertz CT molecular complexity index is 857. The Morgan fingerprint density at radius 3 is 2.39 bits per heavy atom. The lowest BCUT2D eigenvalue weighted by Crippen LogP contribution is -2.51. The Morgan fingerprint density at radius 1 is 1.06 bits per heavy atom.